The molecule has 0 spiro atoms. The van der Waals surface area contributed by atoms with Crippen LogP contribution in [0.3, 0.4) is 0 Å². The molecule has 1 unspecified atom stereocenters. The van der Waals surface area contributed by atoms with E-state index in [1.807, 2.05) is 54.6 Å². The molecule has 0 radical (unpaired) electrons. The molecule has 47 heavy (non-hydrogen) atoms. The second kappa shape index (κ2) is 15.6. The van der Waals surface area contributed by atoms with E-state index in [-0.39, 0.29) is 5.41 Å². The predicted molar refractivity (Wildman–Crippen MR) is 168 cm³/mol. The number of esters is 4. The molecule has 0 amide bonds. The standard InChI is InChI=1S/C36H40O11/c1-7-36(5,26-13-17-28(18-14-26)42-21-25-11-9-8-10-12-25)27-15-19-29(20-16-27)46-35-33(45-24(4)39)31(44-23(3)38)30(43-22(2)37)32(47-35)34(40)41-6/h8-20,30-33,35H,7,21H2,1-6H3/t30-,31-,32-,33+,35+,36?/m1/s1. The van der Waals surface area contributed by atoms with Crippen LogP contribution in [0.15, 0.2) is 78.9 Å². The molecule has 0 bridgehead atoms. The van der Waals surface area contributed by atoms with Gasteiger partial charge in [0.05, 0.1) is 7.11 Å². The van der Waals surface area contributed by atoms with Crippen molar-refractivity contribution in [1.82, 2.24) is 0 Å². The van der Waals surface area contributed by atoms with Crippen LogP contribution >= 0.6 is 0 Å². The molecule has 250 valence electrons. The minimum atomic E-state index is -1.55. The van der Waals surface area contributed by atoms with Gasteiger partial charge >= 0.3 is 23.9 Å². The lowest BCUT2D eigenvalue weighted by Crippen LogP contribution is -2.64. The molecule has 11 heteroatoms. The van der Waals surface area contributed by atoms with Crippen LogP contribution in [0.1, 0.15) is 57.7 Å². The Morgan fingerprint density at radius 1 is 0.702 bits per heavy atom. The fourth-order valence-electron chi connectivity index (χ4n) is 5.44. The van der Waals surface area contributed by atoms with Crippen LogP contribution < -0.4 is 9.47 Å². The fourth-order valence-corrected chi connectivity index (χ4v) is 5.44. The third-order valence-corrected chi connectivity index (χ3v) is 8.03. The number of methoxy groups -OCH3 is 1. The molecule has 0 saturated carbocycles. The zero-order valence-corrected chi connectivity index (χ0v) is 27.3. The van der Waals surface area contributed by atoms with Gasteiger partial charge in [0.25, 0.3) is 0 Å². The molecule has 1 fully saturated rings. The van der Waals surface area contributed by atoms with E-state index in [2.05, 4.69) is 26.0 Å². The lowest BCUT2D eigenvalue weighted by molar-refractivity contribution is -0.282. The number of ether oxygens (including phenoxy) is 7. The summed E-state index contributed by atoms with van der Waals surface area (Å²) in [6, 6.07) is 25.2. The van der Waals surface area contributed by atoms with E-state index in [1.54, 1.807) is 12.1 Å². The lowest BCUT2D eigenvalue weighted by Gasteiger charge is -2.43. The Morgan fingerprint density at radius 2 is 1.21 bits per heavy atom. The molecule has 11 nitrogen and oxygen atoms in total. The highest BCUT2D eigenvalue weighted by Gasteiger charge is 2.55. The summed E-state index contributed by atoms with van der Waals surface area (Å²) < 4.78 is 38.9. The number of hydrogen-bond donors (Lipinski definition) is 0. The quantitative estimate of drug-likeness (QED) is 0.193. The van der Waals surface area contributed by atoms with E-state index >= 15 is 0 Å². The molecule has 4 rings (SSSR count). The third kappa shape index (κ3) is 8.68. The van der Waals surface area contributed by atoms with Crippen molar-refractivity contribution >= 4 is 23.9 Å². The Balaban J connectivity index is 1.57. The second-order valence-electron chi connectivity index (χ2n) is 11.3. The van der Waals surface area contributed by atoms with Gasteiger partial charge < -0.3 is 33.2 Å². The van der Waals surface area contributed by atoms with Gasteiger partial charge in [-0.25, -0.2) is 4.79 Å². The maximum Gasteiger partial charge on any atom is 0.339 e. The number of rotatable bonds is 12. The molecule has 6 atom stereocenters. The van der Waals surface area contributed by atoms with Gasteiger partial charge in [0, 0.05) is 26.2 Å². The first-order valence-corrected chi connectivity index (χ1v) is 15.2. The molecular weight excluding hydrogens is 608 g/mol. The molecule has 1 heterocycles. The summed E-state index contributed by atoms with van der Waals surface area (Å²) in [4.78, 5) is 48.8. The van der Waals surface area contributed by atoms with Crippen LogP contribution in [-0.4, -0.2) is 61.7 Å². The SMILES string of the molecule is CCC(C)(c1ccc(OCc2ccccc2)cc1)c1ccc(O[C@H]2O[C@@H](C(=O)OC)[C@H](OC(C)=O)[C@@H](OC(C)=O)[C@@H]2OC(C)=O)cc1. The molecule has 0 aromatic heterocycles. The van der Waals surface area contributed by atoms with Crippen molar-refractivity contribution in [3.63, 3.8) is 0 Å². The minimum Gasteiger partial charge on any atom is -0.489 e. The van der Waals surface area contributed by atoms with Crippen molar-refractivity contribution in [2.24, 2.45) is 0 Å². The number of hydrogen-bond acceptors (Lipinski definition) is 11. The first kappa shape index (κ1) is 35.0. The van der Waals surface area contributed by atoms with Crippen LogP contribution in [0.25, 0.3) is 0 Å². The smallest absolute Gasteiger partial charge is 0.339 e. The maximum absolute atomic E-state index is 12.7. The van der Waals surface area contributed by atoms with E-state index in [4.69, 9.17) is 33.2 Å². The van der Waals surface area contributed by atoms with Crippen LogP contribution in [0.2, 0.25) is 0 Å². The largest absolute Gasteiger partial charge is 0.489 e. The lowest BCUT2D eigenvalue weighted by atomic mass is 9.74. The summed E-state index contributed by atoms with van der Waals surface area (Å²) in [5.41, 5.74) is 2.83. The fraction of sp³-hybridized carbons (Fsp3) is 0.389. The van der Waals surface area contributed by atoms with Crippen molar-refractivity contribution in [3.05, 3.63) is 95.6 Å². The van der Waals surface area contributed by atoms with Gasteiger partial charge in [-0.1, -0.05) is 68.4 Å². The molecular formula is C36H40O11. The Morgan fingerprint density at radius 3 is 1.72 bits per heavy atom. The molecule has 1 aliphatic heterocycles. The number of carbonyl (C=O) groups is 4. The second-order valence-corrected chi connectivity index (χ2v) is 11.3. The molecule has 0 aliphatic carbocycles. The van der Waals surface area contributed by atoms with Crippen LogP contribution in [0.5, 0.6) is 11.5 Å². The summed E-state index contributed by atoms with van der Waals surface area (Å²) >= 11 is 0. The van der Waals surface area contributed by atoms with Gasteiger partial charge in [0.15, 0.2) is 18.3 Å². The topological polar surface area (TPSA) is 133 Å². The normalized spacial score (nSPS) is 21.8. The van der Waals surface area contributed by atoms with E-state index in [0.29, 0.717) is 12.4 Å². The van der Waals surface area contributed by atoms with Gasteiger partial charge in [-0.05, 0) is 47.4 Å². The van der Waals surface area contributed by atoms with Crippen molar-refractivity contribution in [3.8, 4) is 11.5 Å². The van der Waals surface area contributed by atoms with Crippen LogP contribution in [0, 0.1) is 0 Å². The summed E-state index contributed by atoms with van der Waals surface area (Å²) in [6.45, 7) is 8.11. The van der Waals surface area contributed by atoms with Crippen molar-refractivity contribution in [1.29, 1.82) is 0 Å². The first-order chi connectivity index (χ1) is 22.4. The average molecular weight is 649 g/mol. The predicted octanol–water partition coefficient (Wildman–Crippen LogP) is 5.05. The van der Waals surface area contributed by atoms with Gasteiger partial charge in [0.2, 0.25) is 12.4 Å². The summed E-state index contributed by atoms with van der Waals surface area (Å²) in [6.07, 6.45) is -6.51. The van der Waals surface area contributed by atoms with Crippen molar-refractivity contribution in [2.75, 3.05) is 7.11 Å². The van der Waals surface area contributed by atoms with E-state index in [1.165, 1.54) is 0 Å². The Kier molecular flexibility index (Phi) is 11.6. The zero-order chi connectivity index (χ0) is 34.1. The average Bonchev–Trinajstić information content (AvgIpc) is 3.06. The van der Waals surface area contributed by atoms with Gasteiger partial charge in [0.1, 0.15) is 18.1 Å². The summed E-state index contributed by atoms with van der Waals surface area (Å²) in [5.74, 6) is -2.12. The minimum absolute atomic E-state index is 0.315. The Bertz CT molecular complexity index is 1520. The molecule has 3 aromatic carbocycles. The molecule has 1 saturated heterocycles. The van der Waals surface area contributed by atoms with E-state index in [0.717, 1.165) is 56.7 Å². The van der Waals surface area contributed by atoms with E-state index < -0.39 is 54.6 Å². The Hall–Kier alpha value is -4.90. The highest BCUT2D eigenvalue weighted by atomic mass is 16.7. The zero-order valence-electron chi connectivity index (χ0n) is 27.3. The van der Waals surface area contributed by atoms with Gasteiger partial charge in [-0.15, -0.1) is 0 Å². The monoisotopic (exact) mass is 648 g/mol. The molecule has 1 aliphatic rings. The van der Waals surface area contributed by atoms with Crippen LogP contribution in [0.4, 0.5) is 0 Å². The number of carbonyl (C=O) groups excluding carboxylic acids is 4. The van der Waals surface area contributed by atoms with Crippen molar-refractivity contribution < 1.29 is 52.3 Å². The number of benzene rings is 3. The third-order valence-electron chi connectivity index (χ3n) is 8.03. The molecule has 0 N–H and O–H groups in total. The van der Waals surface area contributed by atoms with Crippen LogP contribution in [-0.2, 0) is 54.9 Å². The maximum atomic E-state index is 12.7. The van der Waals surface area contributed by atoms with Crippen molar-refractivity contribution in [2.45, 2.75) is 83.8 Å². The first-order valence-electron chi connectivity index (χ1n) is 15.2. The Labute approximate surface area is 274 Å². The molecule has 3 aromatic rings. The van der Waals surface area contributed by atoms with Gasteiger partial charge in [-0.3, -0.25) is 14.4 Å². The summed E-state index contributed by atoms with van der Waals surface area (Å²) in [5, 5.41) is 0. The van der Waals surface area contributed by atoms with Gasteiger partial charge in [-0.2, -0.15) is 0 Å². The van der Waals surface area contributed by atoms with E-state index in [9.17, 15) is 19.2 Å². The highest BCUT2D eigenvalue weighted by Crippen LogP contribution is 2.37. The summed E-state index contributed by atoms with van der Waals surface area (Å²) in [7, 11) is 1.13. The highest BCUT2D eigenvalue weighted by molar-refractivity contribution is 5.77.